The maximum absolute atomic E-state index is 12.9. The van der Waals surface area contributed by atoms with E-state index in [0.29, 0.717) is 10.7 Å². The number of nitrogens with one attached hydrogen (secondary N) is 1. The SMILES string of the molecule is Cc1ccc(NC(=O)[C@H]([NH2+]C[C@@H]2CCCO2)c2ccccc2)cc1Cl. The van der Waals surface area contributed by atoms with Gasteiger partial charge in [-0.1, -0.05) is 48.0 Å². The van der Waals surface area contributed by atoms with Gasteiger partial charge in [-0.25, -0.2) is 0 Å². The largest absolute Gasteiger partial charge is 0.372 e. The number of amides is 1. The van der Waals surface area contributed by atoms with Crippen LogP contribution < -0.4 is 10.6 Å². The molecule has 2 aromatic carbocycles. The van der Waals surface area contributed by atoms with E-state index in [1.165, 1.54) is 0 Å². The number of anilines is 1. The smallest absolute Gasteiger partial charge is 0.287 e. The fourth-order valence-electron chi connectivity index (χ4n) is 3.06. The molecule has 2 aromatic rings. The summed E-state index contributed by atoms with van der Waals surface area (Å²) in [7, 11) is 0. The van der Waals surface area contributed by atoms with Crippen molar-refractivity contribution in [1.29, 1.82) is 0 Å². The summed E-state index contributed by atoms with van der Waals surface area (Å²) in [5.74, 6) is -0.0517. The molecule has 0 saturated carbocycles. The number of carbonyl (C=O) groups excluding carboxylic acids is 1. The number of carbonyl (C=O) groups is 1. The molecular weight excluding hydrogens is 336 g/mol. The van der Waals surface area contributed by atoms with Crippen molar-refractivity contribution in [3.63, 3.8) is 0 Å². The number of ether oxygens (including phenoxy) is 1. The van der Waals surface area contributed by atoms with E-state index in [9.17, 15) is 4.79 Å². The molecule has 0 spiro atoms. The zero-order chi connectivity index (χ0) is 17.6. The van der Waals surface area contributed by atoms with Gasteiger partial charge in [0.05, 0.1) is 0 Å². The van der Waals surface area contributed by atoms with Gasteiger partial charge < -0.3 is 15.4 Å². The van der Waals surface area contributed by atoms with Crippen LogP contribution in [0, 0.1) is 6.92 Å². The van der Waals surface area contributed by atoms with Crippen LogP contribution in [0.5, 0.6) is 0 Å². The predicted octanol–water partition coefficient (Wildman–Crippen LogP) is 3.07. The summed E-state index contributed by atoms with van der Waals surface area (Å²) in [5, 5.41) is 5.70. The van der Waals surface area contributed by atoms with Gasteiger partial charge in [-0.3, -0.25) is 4.79 Å². The number of rotatable bonds is 6. The third-order valence-corrected chi connectivity index (χ3v) is 4.95. The van der Waals surface area contributed by atoms with Crippen molar-refractivity contribution in [3.8, 4) is 0 Å². The van der Waals surface area contributed by atoms with Gasteiger partial charge in [-0.15, -0.1) is 0 Å². The zero-order valence-corrected chi connectivity index (χ0v) is 15.1. The van der Waals surface area contributed by atoms with Gasteiger partial charge in [0.2, 0.25) is 0 Å². The average Bonchev–Trinajstić information content (AvgIpc) is 3.13. The Bertz CT molecular complexity index is 715. The highest BCUT2D eigenvalue weighted by Gasteiger charge is 2.27. The topological polar surface area (TPSA) is 54.9 Å². The minimum atomic E-state index is -0.314. The highest BCUT2D eigenvalue weighted by atomic mass is 35.5. The second-order valence-corrected chi connectivity index (χ2v) is 6.86. The first-order valence-electron chi connectivity index (χ1n) is 8.70. The molecule has 25 heavy (non-hydrogen) atoms. The Morgan fingerprint density at radius 3 is 2.80 bits per heavy atom. The van der Waals surface area contributed by atoms with Crippen LogP contribution in [0.4, 0.5) is 5.69 Å². The van der Waals surface area contributed by atoms with Gasteiger partial charge in [0.15, 0.2) is 6.04 Å². The molecule has 0 unspecified atom stereocenters. The molecule has 1 fully saturated rings. The lowest BCUT2D eigenvalue weighted by Gasteiger charge is -2.18. The maximum Gasteiger partial charge on any atom is 0.287 e. The van der Waals surface area contributed by atoms with E-state index in [2.05, 4.69) is 10.6 Å². The quantitative estimate of drug-likeness (QED) is 0.832. The van der Waals surface area contributed by atoms with E-state index in [-0.39, 0.29) is 18.1 Å². The Kier molecular flexibility index (Phi) is 6.08. The first-order chi connectivity index (χ1) is 12.1. The van der Waals surface area contributed by atoms with E-state index in [1.54, 1.807) is 6.07 Å². The summed E-state index contributed by atoms with van der Waals surface area (Å²) < 4.78 is 5.69. The van der Waals surface area contributed by atoms with Crippen molar-refractivity contribution in [2.75, 3.05) is 18.5 Å². The highest BCUT2D eigenvalue weighted by Crippen LogP contribution is 2.21. The fraction of sp³-hybridized carbons (Fsp3) is 0.350. The summed E-state index contributed by atoms with van der Waals surface area (Å²) in [6.45, 7) is 3.54. The average molecular weight is 360 g/mol. The van der Waals surface area contributed by atoms with E-state index in [4.69, 9.17) is 16.3 Å². The summed E-state index contributed by atoms with van der Waals surface area (Å²) >= 11 is 6.17. The molecule has 4 nitrogen and oxygen atoms in total. The molecule has 0 aromatic heterocycles. The van der Waals surface area contributed by atoms with Crippen LogP contribution in [0.3, 0.4) is 0 Å². The summed E-state index contributed by atoms with van der Waals surface area (Å²) in [6.07, 6.45) is 2.39. The third kappa shape index (κ3) is 4.82. The fourth-order valence-corrected chi connectivity index (χ4v) is 3.24. The molecule has 1 saturated heterocycles. The number of benzene rings is 2. The summed E-state index contributed by atoms with van der Waals surface area (Å²) in [5.41, 5.74) is 2.69. The van der Waals surface area contributed by atoms with Crippen LogP contribution in [-0.4, -0.2) is 25.2 Å². The lowest BCUT2D eigenvalue weighted by atomic mass is 10.1. The van der Waals surface area contributed by atoms with Crippen LogP contribution in [0.2, 0.25) is 5.02 Å². The minimum absolute atomic E-state index is 0.0517. The first-order valence-corrected chi connectivity index (χ1v) is 9.08. The van der Waals surface area contributed by atoms with Crippen molar-refractivity contribution >= 4 is 23.2 Å². The van der Waals surface area contributed by atoms with Crippen molar-refractivity contribution in [2.24, 2.45) is 0 Å². The minimum Gasteiger partial charge on any atom is -0.372 e. The van der Waals surface area contributed by atoms with Crippen LogP contribution in [0.15, 0.2) is 48.5 Å². The molecule has 0 aliphatic carbocycles. The number of quaternary nitrogens is 1. The molecule has 132 valence electrons. The Labute approximate surface area is 153 Å². The van der Waals surface area contributed by atoms with Crippen molar-refractivity contribution in [3.05, 3.63) is 64.7 Å². The Morgan fingerprint density at radius 1 is 1.32 bits per heavy atom. The molecule has 3 N–H and O–H groups in total. The van der Waals surface area contributed by atoms with Gasteiger partial charge in [0, 0.05) is 22.9 Å². The lowest BCUT2D eigenvalue weighted by molar-refractivity contribution is -0.687. The molecule has 0 bridgehead atoms. The lowest BCUT2D eigenvalue weighted by Crippen LogP contribution is -2.89. The molecule has 1 aliphatic heterocycles. The van der Waals surface area contributed by atoms with Crippen LogP contribution in [-0.2, 0) is 9.53 Å². The molecule has 0 radical (unpaired) electrons. The molecule has 2 atom stereocenters. The maximum atomic E-state index is 12.9. The van der Waals surface area contributed by atoms with Crippen molar-refractivity contribution in [2.45, 2.75) is 31.9 Å². The van der Waals surface area contributed by atoms with Crippen molar-refractivity contribution < 1.29 is 14.8 Å². The van der Waals surface area contributed by atoms with Crippen LogP contribution in [0.1, 0.15) is 30.0 Å². The van der Waals surface area contributed by atoms with Gasteiger partial charge >= 0.3 is 0 Å². The van der Waals surface area contributed by atoms with E-state index in [0.717, 1.165) is 37.1 Å². The summed E-state index contributed by atoms with van der Waals surface area (Å²) in [6, 6.07) is 15.1. The number of hydrogen-bond donors (Lipinski definition) is 2. The monoisotopic (exact) mass is 359 g/mol. The molecule has 3 rings (SSSR count). The number of halogens is 1. The van der Waals surface area contributed by atoms with Gasteiger partial charge in [0.25, 0.3) is 5.91 Å². The summed E-state index contributed by atoms with van der Waals surface area (Å²) in [4.78, 5) is 12.9. The van der Waals surface area contributed by atoms with Crippen LogP contribution in [0.25, 0.3) is 0 Å². The number of hydrogen-bond acceptors (Lipinski definition) is 2. The molecule has 1 heterocycles. The second-order valence-electron chi connectivity index (χ2n) is 6.45. The number of aryl methyl sites for hydroxylation is 1. The molecule has 5 heteroatoms. The van der Waals surface area contributed by atoms with Crippen LogP contribution >= 0.6 is 11.6 Å². The Morgan fingerprint density at radius 2 is 2.12 bits per heavy atom. The van der Waals surface area contributed by atoms with Crippen molar-refractivity contribution in [1.82, 2.24) is 0 Å². The Balaban J connectivity index is 1.72. The predicted molar refractivity (Wildman–Crippen MR) is 99.8 cm³/mol. The Hall–Kier alpha value is -1.88. The van der Waals surface area contributed by atoms with E-state index < -0.39 is 0 Å². The standard InChI is InChI=1S/C20H23ClN2O2/c1-14-9-10-16(12-18(14)21)23-20(24)19(15-6-3-2-4-7-15)22-13-17-8-5-11-25-17/h2-4,6-7,9-10,12,17,19,22H,5,8,11,13H2,1H3,(H,23,24)/p+1/t17-,19+/m0/s1. The van der Waals surface area contributed by atoms with E-state index >= 15 is 0 Å². The highest BCUT2D eigenvalue weighted by molar-refractivity contribution is 6.31. The van der Waals surface area contributed by atoms with Gasteiger partial charge in [0.1, 0.15) is 12.6 Å². The molecular formula is C20H24ClN2O2+. The molecule has 1 aliphatic rings. The molecule has 1 amide bonds. The second kappa shape index (κ2) is 8.48. The normalized spacial score (nSPS) is 18.1. The third-order valence-electron chi connectivity index (χ3n) is 4.54. The van der Waals surface area contributed by atoms with E-state index in [1.807, 2.05) is 49.4 Å². The number of nitrogens with two attached hydrogens (primary N) is 1. The first kappa shape index (κ1) is 17.9. The van der Waals surface area contributed by atoms with Gasteiger partial charge in [-0.05, 0) is 37.5 Å². The zero-order valence-electron chi connectivity index (χ0n) is 14.4. The van der Waals surface area contributed by atoms with Gasteiger partial charge in [-0.2, -0.15) is 0 Å².